The number of ketones is 1. The predicted molar refractivity (Wildman–Crippen MR) is 122 cm³/mol. The average molecular weight is 444 g/mol. The third kappa shape index (κ3) is 4.92. The number of rotatable bonds is 9. The van der Waals surface area contributed by atoms with Crippen molar-refractivity contribution in [3.63, 3.8) is 0 Å². The third-order valence-electron chi connectivity index (χ3n) is 6.14. The van der Waals surface area contributed by atoms with Crippen LogP contribution in [0.2, 0.25) is 0 Å². The van der Waals surface area contributed by atoms with Crippen LogP contribution in [0.25, 0.3) is 0 Å². The second kappa shape index (κ2) is 9.24. The molecule has 3 N–H and O–H groups in total. The number of carboxylic acid groups (broad SMARTS) is 1. The third-order valence-corrected chi connectivity index (χ3v) is 6.14. The van der Waals surface area contributed by atoms with E-state index in [4.69, 9.17) is 0 Å². The van der Waals surface area contributed by atoms with Crippen LogP contribution in [0, 0.1) is 5.41 Å². The minimum absolute atomic E-state index is 0.0257. The Kier molecular flexibility index (Phi) is 6.22. The summed E-state index contributed by atoms with van der Waals surface area (Å²) >= 11 is 0. The van der Waals surface area contributed by atoms with Crippen LogP contribution >= 0.6 is 0 Å². The van der Waals surface area contributed by atoms with E-state index in [-0.39, 0.29) is 29.9 Å². The number of Topliss-reactive ketones (excluding diaryl/α,β-unsaturated/α-hetero) is 1. The van der Waals surface area contributed by atoms with E-state index in [1.165, 1.54) is 6.20 Å². The molecule has 1 aliphatic carbocycles. The van der Waals surface area contributed by atoms with Crippen LogP contribution in [0.4, 0.5) is 0 Å². The van der Waals surface area contributed by atoms with Gasteiger partial charge in [0, 0.05) is 18.7 Å². The van der Waals surface area contributed by atoms with Gasteiger partial charge in [0.25, 0.3) is 5.91 Å². The summed E-state index contributed by atoms with van der Waals surface area (Å²) in [4.78, 5) is 52.1. The lowest BCUT2D eigenvalue weighted by molar-refractivity contribution is -0.143. The molecule has 0 radical (unpaired) electrons. The van der Waals surface area contributed by atoms with Gasteiger partial charge in [-0.2, -0.15) is 0 Å². The first kappa shape index (κ1) is 22.2. The highest BCUT2D eigenvalue weighted by Crippen LogP contribution is 2.49. The summed E-state index contributed by atoms with van der Waals surface area (Å²) < 4.78 is 0. The Morgan fingerprint density at radius 1 is 0.970 bits per heavy atom. The molecular formula is C26H24N2O5. The van der Waals surface area contributed by atoms with E-state index < -0.39 is 28.8 Å². The molecule has 1 fully saturated rings. The zero-order valence-corrected chi connectivity index (χ0v) is 17.9. The zero-order chi connectivity index (χ0) is 23.4. The fraction of sp³-hybridized carbons (Fsp3) is 0.231. The van der Waals surface area contributed by atoms with Gasteiger partial charge in [-0.1, -0.05) is 60.7 Å². The van der Waals surface area contributed by atoms with Gasteiger partial charge in [0.1, 0.15) is 5.56 Å². The average Bonchev–Trinajstić information content (AvgIpc) is 3.63. The van der Waals surface area contributed by atoms with E-state index in [1.807, 2.05) is 60.7 Å². The second-order valence-electron chi connectivity index (χ2n) is 8.36. The maximum absolute atomic E-state index is 13.0. The maximum atomic E-state index is 13.0. The van der Waals surface area contributed by atoms with Gasteiger partial charge in [-0.3, -0.25) is 19.2 Å². The first-order chi connectivity index (χ1) is 15.9. The fourth-order valence-electron chi connectivity index (χ4n) is 3.88. The molecule has 3 aromatic rings. The highest BCUT2D eigenvalue weighted by molar-refractivity contribution is 5.97. The van der Waals surface area contributed by atoms with E-state index in [1.54, 1.807) is 0 Å². The highest BCUT2D eigenvalue weighted by atomic mass is 16.4. The molecule has 2 aromatic carbocycles. The number of nitrogens with one attached hydrogen (secondary N) is 2. The molecule has 1 heterocycles. The zero-order valence-electron chi connectivity index (χ0n) is 17.9. The number of hydrogen-bond acceptors (Lipinski definition) is 4. The van der Waals surface area contributed by atoms with Crippen molar-refractivity contribution in [1.29, 1.82) is 0 Å². The quantitative estimate of drug-likeness (QED) is 0.435. The molecule has 0 saturated heterocycles. The molecule has 7 heteroatoms. The number of amides is 1. The fourth-order valence-corrected chi connectivity index (χ4v) is 3.88. The van der Waals surface area contributed by atoms with Crippen molar-refractivity contribution < 1.29 is 19.5 Å². The van der Waals surface area contributed by atoms with Crippen LogP contribution in [0.15, 0.2) is 77.7 Å². The van der Waals surface area contributed by atoms with Gasteiger partial charge in [-0.05, 0) is 30.4 Å². The molecule has 0 unspecified atom stereocenters. The minimum atomic E-state index is -0.887. The molecule has 1 saturated carbocycles. The van der Waals surface area contributed by atoms with E-state index in [0.29, 0.717) is 12.8 Å². The van der Waals surface area contributed by atoms with E-state index >= 15 is 0 Å². The number of aliphatic carboxylic acids is 1. The Morgan fingerprint density at radius 3 is 2.03 bits per heavy atom. The van der Waals surface area contributed by atoms with Crippen molar-refractivity contribution in [2.24, 2.45) is 5.41 Å². The van der Waals surface area contributed by atoms with Gasteiger partial charge in [0.05, 0.1) is 17.2 Å². The molecule has 1 amide bonds. The monoisotopic (exact) mass is 444 g/mol. The summed E-state index contributed by atoms with van der Waals surface area (Å²) in [6, 6.07) is 19.5. The Hall–Kier alpha value is -4.00. The van der Waals surface area contributed by atoms with Crippen LogP contribution < -0.4 is 10.7 Å². The Morgan fingerprint density at radius 2 is 1.55 bits per heavy atom. The molecule has 0 aliphatic heterocycles. The Balaban J connectivity index is 1.50. The summed E-state index contributed by atoms with van der Waals surface area (Å²) in [5, 5.41) is 12.2. The number of aromatic amines is 1. The van der Waals surface area contributed by atoms with Gasteiger partial charge in [0.15, 0.2) is 11.2 Å². The first-order valence-corrected chi connectivity index (χ1v) is 10.8. The highest BCUT2D eigenvalue weighted by Gasteiger charge is 2.49. The molecule has 1 aromatic heterocycles. The number of carbonyl (C=O) groups excluding carboxylic acids is 2. The lowest BCUT2D eigenvalue weighted by atomic mass is 9.97. The minimum Gasteiger partial charge on any atom is -0.481 e. The summed E-state index contributed by atoms with van der Waals surface area (Å²) in [5.41, 5.74) is 0.321. The van der Waals surface area contributed by atoms with Crippen molar-refractivity contribution in [2.45, 2.75) is 31.7 Å². The topological polar surface area (TPSA) is 116 Å². The number of carboxylic acids is 1. The van der Waals surface area contributed by atoms with Crippen molar-refractivity contribution in [3.05, 3.63) is 106 Å². The van der Waals surface area contributed by atoms with Crippen LogP contribution in [-0.2, 0) is 4.79 Å². The molecule has 168 valence electrons. The molecule has 4 rings (SSSR count). The van der Waals surface area contributed by atoms with Crippen LogP contribution in [0.1, 0.15) is 63.7 Å². The number of pyridine rings is 1. The van der Waals surface area contributed by atoms with Gasteiger partial charge >= 0.3 is 5.97 Å². The summed E-state index contributed by atoms with van der Waals surface area (Å²) in [6.45, 7) is 0. The summed E-state index contributed by atoms with van der Waals surface area (Å²) in [6.07, 6.45) is 2.63. The van der Waals surface area contributed by atoms with Crippen LogP contribution in [0.5, 0.6) is 0 Å². The van der Waals surface area contributed by atoms with E-state index in [9.17, 15) is 24.3 Å². The van der Waals surface area contributed by atoms with Crippen LogP contribution in [-0.4, -0.2) is 27.8 Å². The second-order valence-corrected chi connectivity index (χ2v) is 8.36. The Labute approximate surface area is 190 Å². The molecule has 0 bridgehead atoms. The van der Waals surface area contributed by atoms with E-state index in [0.717, 1.165) is 17.2 Å². The molecule has 1 aliphatic rings. The number of carbonyl (C=O) groups is 3. The number of H-pyrrole nitrogens is 1. The molecule has 7 nitrogen and oxygen atoms in total. The lowest BCUT2D eigenvalue weighted by Crippen LogP contribution is -2.33. The number of aromatic nitrogens is 1. The number of hydrogen-bond donors (Lipinski definition) is 3. The SMILES string of the molecule is O=C(CCC1(C(=O)O)CC1)c1cc(=O)c(C(=O)NC(c2ccccc2)c2ccccc2)c[nH]1. The normalized spacial score (nSPS) is 14.0. The van der Waals surface area contributed by atoms with Crippen molar-refractivity contribution in [2.75, 3.05) is 0 Å². The molecular weight excluding hydrogens is 420 g/mol. The molecule has 0 atom stereocenters. The maximum Gasteiger partial charge on any atom is 0.309 e. The van der Waals surface area contributed by atoms with Gasteiger partial charge in [-0.25, -0.2) is 0 Å². The van der Waals surface area contributed by atoms with Gasteiger partial charge in [-0.15, -0.1) is 0 Å². The molecule has 0 spiro atoms. The van der Waals surface area contributed by atoms with Crippen LogP contribution in [0.3, 0.4) is 0 Å². The van der Waals surface area contributed by atoms with E-state index in [2.05, 4.69) is 10.3 Å². The number of benzene rings is 2. The van der Waals surface area contributed by atoms with Crippen molar-refractivity contribution >= 4 is 17.7 Å². The lowest BCUT2D eigenvalue weighted by Gasteiger charge is -2.20. The smallest absolute Gasteiger partial charge is 0.309 e. The summed E-state index contributed by atoms with van der Waals surface area (Å²) in [5.74, 6) is -1.80. The molecule has 33 heavy (non-hydrogen) atoms. The van der Waals surface area contributed by atoms with Gasteiger partial charge in [0.2, 0.25) is 0 Å². The Bertz CT molecular complexity index is 1190. The largest absolute Gasteiger partial charge is 0.481 e. The summed E-state index contributed by atoms with van der Waals surface area (Å²) in [7, 11) is 0. The van der Waals surface area contributed by atoms with Crippen molar-refractivity contribution in [3.8, 4) is 0 Å². The predicted octanol–water partition coefficient (Wildman–Crippen LogP) is 3.72. The standard InChI is InChI=1S/C26H24N2O5/c29-21(11-12-26(13-14-26)25(32)33)20-15-22(30)19(16-27-20)24(31)28-23(17-7-3-1-4-8-17)18-9-5-2-6-10-18/h1-10,15-16,23H,11-14H2,(H,27,30)(H,28,31)(H,32,33). The van der Waals surface area contributed by atoms with Gasteiger partial charge < -0.3 is 15.4 Å². The van der Waals surface area contributed by atoms with Crippen molar-refractivity contribution in [1.82, 2.24) is 10.3 Å². The first-order valence-electron chi connectivity index (χ1n) is 10.8.